The van der Waals surface area contributed by atoms with Gasteiger partial charge in [0.25, 0.3) is 0 Å². The van der Waals surface area contributed by atoms with Crippen molar-refractivity contribution in [1.29, 1.82) is 0 Å². The normalized spacial score (nSPS) is 18.1. The molecular formula is C21H25N3O3S. The minimum absolute atomic E-state index is 0.220. The standard InChI is InChI=1S/C21H25N3O3S/c1-13-7-5-8-16-20(13)23-21(22-16)17-9-6-10-24(17)28(25,26)19-12-15(3)14(2)11-18(19)27-4/h5,7-8,11-12,17H,6,9-10H2,1-4H3,(H,22,23). The van der Waals surface area contributed by atoms with Gasteiger partial charge in [-0.3, -0.25) is 0 Å². The van der Waals surface area contributed by atoms with Gasteiger partial charge in [0, 0.05) is 6.54 Å². The van der Waals surface area contributed by atoms with Crippen LogP contribution in [0.25, 0.3) is 11.0 Å². The number of hydrogen-bond donors (Lipinski definition) is 1. The largest absolute Gasteiger partial charge is 0.495 e. The second kappa shape index (κ2) is 6.90. The lowest BCUT2D eigenvalue weighted by Gasteiger charge is -2.24. The molecule has 1 aromatic heterocycles. The van der Waals surface area contributed by atoms with Crippen molar-refractivity contribution < 1.29 is 13.2 Å². The summed E-state index contributed by atoms with van der Waals surface area (Å²) in [7, 11) is -2.21. The van der Waals surface area contributed by atoms with Crippen LogP contribution in [0.1, 0.15) is 41.4 Å². The number of aromatic amines is 1. The van der Waals surface area contributed by atoms with Crippen LogP contribution < -0.4 is 4.74 Å². The first-order chi connectivity index (χ1) is 13.3. The minimum Gasteiger partial charge on any atom is -0.495 e. The molecule has 7 heteroatoms. The van der Waals surface area contributed by atoms with Crippen molar-refractivity contribution in [1.82, 2.24) is 14.3 Å². The van der Waals surface area contributed by atoms with E-state index in [-0.39, 0.29) is 10.9 Å². The summed E-state index contributed by atoms with van der Waals surface area (Å²) in [6, 6.07) is 9.15. The molecule has 28 heavy (non-hydrogen) atoms. The molecule has 1 N–H and O–H groups in total. The molecule has 1 unspecified atom stereocenters. The maximum absolute atomic E-state index is 13.5. The van der Waals surface area contributed by atoms with E-state index in [1.54, 1.807) is 16.4 Å². The Hall–Kier alpha value is -2.38. The van der Waals surface area contributed by atoms with E-state index < -0.39 is 10.0 Å². The molecule has 1 saturated heterocycles. The van der Waals surface area contributed by atoms with E-state index >= 15 is 0 Å². The highest BCUT2D eigenvalue weighted by molar-refractivity contribution is 7.89. The third-order valence-corrected chi connectivity index (χ3v) is 7.55. The van der Waals surface area contributed by atoms with Gasteiger partial charge in [0.2, 0.25) is 10.0 Å². The Labute approximate surface area is 165 Å². The fourth-order valence-corrected chi connectivity index (χ4v) is 5.79. The number of methoxy groups -OCH3 is 1. The number of aryl methyl sites for hydroxylation is 3. The van der Waals surface area contributed by atoms with Gasteiger partial charge in [-0.2, -0.15) is 4.31 Å². The van der Waals surface area contributed by atoms with Crippen LogP contribution in [0.5, 0.6) is 5.75 Å². The van der Waals surface area contributed by atoms with E-state index in [0.29, 0.717) is 18.1 Å². The molecule has 0 amide bonds. The minimum atomic E-state index is -3.72. The van der Waals surface area contributed by atoms with Crippen molar-refractivity contribution >= 4 is 21.1 Å². The predicted molar refractivity (Wildman–Crippen MR) is 109 cm³/mol. The Balaban J connectivity index is 1.79. The molecule has 0 radical (unpaired) electrons. The first kappa shape index (κ1) is 19.0. The molecule has 0 spiro atoms. The summed E-state index contributed by atoms with van der Waals surface area (Å²) in [6.45, 7) is 6.34. The molecule has 1 atom stereocenters. The fraction of sp³-hybridized carbons (Fsp3) is 0.381. The topological polar surface area (TPSA) is 75.3 Å². The number of fused-ring (bicyclic) bond motifs is 1. The lowest BCUT2D eigenvalue weighted by Crippen LogP contribution is -2.31. The van der Waals surface area contributed by atoms with Crippen molar-refractivity contribution in [3.63, 3.8) is 0 Å². The zero-order valence-electron chi connectivity index (χ0n) is 16.6. The molecule has 1 aliphatic rings. The molecule has 0 bridgehead atoms. The number of hydrogen-bond acceptors (Lipinski definition) is 4. The fourth-order valence-electron chi connectivity index (χ4n) is 3.90. The van der Waals surface area contributed by atoms with E-state index in [1.807, 2.05) is 39.0 Å². The Morgan fingerprint density at radius 2 is 1.89 bits per heavy atom. The van der Waals surface area contributed by atoms with E-state index in [0.717, 1.165) is 40.6 Å². The molecule has 2 aromatic carbocycles. The highest BCUT2D eigenvalue weighted by atomic mass is 32.2. The second-order valence-corrected chi connectivity index (χ2v) is 9.31. The van der Waals surface area contributed by atoms with Crippen LogP contribution in [0.4, 0.5) is 0 Å². The lowest BCUT2D eigenvalue weighted by molar-refractivity contribution is 0.374. The summed E-state index contributed by atoms with van der Waals surface area (Å²) >= 11 is 0. The van der Waals surface area contributed by atoms with E-state index in [2.05, 4.69) is 4.98 Å². The summed E-state index contributed by atoms with van der Waals surface area (Å²) in [5.41, 5.74) is 4.83. The maximum Gasteiger partial charge on any atom is 0.247 e. The predicted octanol–water partition coefficient (Wildman–Crippen LogP) is 4.02. The number of ether oxygens (including phenoxy) is 1. The maximum atomic E-state index is 13.5. The van der Waals surface area contributed by atoms with Crippen LogP contribution in [0.15, 0.2) is 35.2 Å². The number of nitrogens with zero attached hydrogens (tertiary/aromatic N) is 2. The van der Waals surface area contributed by atoms with Gasteiger partial charge in [0.05, 0.1) is 24.2 Å². The number of aromatic nitrogens is 2. The van der Waals surface area contributed by atoms with Crippen molar-refractivity contribution in [3.05, 3.63) is 52.8 Å². The van der Waals surface area contributed by atoms with Crippen molar-refractivity contribution in [3.8, 4) is 5.75 Å². The molecule has 0 aliphatic carbocycles. The van der Waals surface area contributed by atoms with Gasteiger partial charge in [0.15, 0.2) is 0 Å². The average Bonchev–Trinajstić information content (AvgIpc) is 3.31. The van der Waals surface area contributed by atoms with Crippen molar-refractivity contribution in [2.45, 2.75) is 44.6 Å². The third kappa shape index (κ3) is 2.99. The van der Waals surface area contributed by atoms with E-state index in [1.165, 1.54) is 7.11 Å². The van der Waals surface area contributed by atoms with E-state index in [9.17, 15) is 8.42 Å². The van der Waals surface area contributed by atoms with Crippen LogP contribution in [0.3, 0.4) is 0 Å². The van der Waals surface area contributed by atoms with Crippen LogP contribution >= 0.6 is 0 Å². The molecule has 148 valence electrons. The van der Waals surface area contributed by atoms with Gasteiger partial charge in [-0.25, -0.2) is 13.4 Å². The Kier molecular flexibility index (Phi) is 4.67. The molecule has 2 heterocycles. The van der Waals surface area contributed by atoms with Crippen LogP contribution in [0, 0.1) is 20.8 Å². The molecule has 4 rings (SSSR count). The van der Waals surface area contributed by atoms with E-state index in [4.69, 9.17) is 9.72 Å². The van der Waals surface area contributed by atoms with Gasteiger partial charge in [-0.15, -0.1) is 0 Å². The van der Waals surface area contributed by atoms with Gasteiger partial charge < -0.3 is 9.72 Å². The highest BCUT2D eigenvalue weighted by Gasteiger charge is 2.39. The first-order valence-corrected chi connectivity index (χ1v) is 10.9. The number of nitrogens with one attached hydrogen (secondary N) is 1. The molecular weight excluding hydrogens is 374 g/mol. The second-order valence-electron chi connectivity index (χ2n) is 7.45. The number of imidazole rings is 1. The molecule has 0 saturated carbocycles. The van der Waals surface area contributed by atoms with Crippen molar-refractivity contribution in [2.75, 3.05) is 13.7 Å². The van der Waals surface area contributed by atoms with Crippen LogP contribution in [-0.4, -0.2) is 36.3 Å². The summed E-state index contributed by atoms with van der Waals surface area (Å²) in [6.07, 6.45) is 1.54. The zero-order valence-corrected chi connectivity index (χ0v) is 17.4. The highest BCUT2D eigenvalue weighted by Crippen LogP contribution is 2.39. The number of sulfonamides is 1. The number of benzene rings is 2. The Bertz CT molecular complexity index is 1150. The SMILES string of the molecule is COc1cc(C)c(C)cc1S(=O)(=O)N1CCCC1c1nc2c(C)cccc2[nH]1. The monoisotopic (exact) mass is 399 g/mol. The summed E-state index contributed by atoms with van der Waals surface area (Å²) < 4.78 is 34.1. The summed E-state index contributed by atoms with van der Waals surface area (Å²) in [4.78, 5) is 8.29. The molecule has 1 aliphatic heterocycles. The summed E-state index contributed by atoms with van der Waals surface area (Å²) in [5, 5.41) is 0. The molecule has 1 fully saturated rings. The summed E-state index contributed by atoms with van der Waals surface area (Å²) in [5.74, 6) is 1.09. The zero-order chi connectivity index (χ0) is 20.1. The van der Waals surface area contributed by atoms with Gasteiger partial charge >= 0.3 is 0 Å². The number of para-hydroxylation sites is 1. The van der Waals surface area contributed by atoms with Gasteiger partial charge in [-0.05, 0) is 68.5 Å². The number of rotatable bonds is 4. The first-order valence-electron chi connectivity index (χ1n) is 9.45. The molecule has 6 nitrogen and oxygen atoms in total. The number of H-pyrrole nitrogens is 1. The lowest BCUT2D eigenvalue weighted by atomic mass is 10.1. The molecule has 3 aromatic rings. The van der Waals surface area contributed by atoms with Gasteiger partial charge in [-0.1, -0.05) is 12.1 Å². The van der Waals surface area contributed by atoms with Crippen LogP contribution in [-0.2, 0) is 10.0 Å². The van der Waals surface area contributed by atoms with Gasteiger partial charge in [0.1, 0.15) is 16.5 Å². The quantitative estimate of drug-likeness (QED) is 0.719. The Morgan fingerprint density at radius 3 is 2.61 bits per heavy atom. The Morgan fingerprint density at radius 1 is 1.14 bits per heavy atom. The average molecular weight is 400 g/mol. The van der Waals surface area contributed by atoms with Crippen molar-refractivity contribution in [2.24, 2.45) is 0 Å². The third-order valence-electron chi connectivity index (χ3n) is 5.62. The smallest absolute Gasteiger partial charge is 0.247 e. The van der Waals surface area contributed by atoms with Crippen LogP contribution in [0.2, 0.25) is 0 Å².